The lowest BCUT2D eigenvalue weighted by Gasteiger charge is -2.21. The number of halogens is 2. The van der Waals surface area contributed by atoms with Crippen LogP contribution in [0.2, 0.25) is 0 Å². The van der Waals surface area contributed by atoms with E-state index in [1.807, 2.05) is 11.3 Å². The van der Waals surface area contributed by atoms with E-state index in [1.54, 1.807) is 11.3 Å². The molecule has 2 aromatic rings. The van der Waals surface area contributed by atoms with E-state index >= 15 is 0 Å². The topological polar surface area (TPSA) is 24.9 Å². The molecule has 3 rings (SSSR count). The van der Waals surface area contributed by atoms with Crippen molar-refractivity contribution < 1.29 is 0 Å². The Kier molecular flexibility index (Phi) is 4.43. The summed E-state index contributed by atoms with van der Waals surface area (Å²) in [6.07, 6.45) is 3.60. The fourth-order valence-corrected chi connectivity index (χ4v) is 5.72. The molecule has 0 aliphatic heterocycles. The standard InChI is InChI=1S/C13H14Br2N2S2/c1-2-16-8-4-3-5-9-11(8)19-13(17-9)10-6-7(14)12(15)18-10/h6,8,16H,2-5H2,1H3. The molecule has 2 aromatic heterocycles. The minimum atomic E-state index is 0.506. The van der Waals surface area contributed by atoms with E-state index in [4.69, 9.17) is 4.98 Å². The van der Waals surface area contributed by atoms with Gasteiger partial charge < -0.3 is 5.32 Å². The Balaban J connectivity index is 1.97. The molecule has 1 N–H and O–H groups in total. The Hall–Kier alpha value is 0.250. The van der Waals surface area contributed by atoms with Crippen LogP contribution in [0.3, 0.4) is 0 Å². The molecule has 0 bridgehead atoms. The maximum atomic E-state index is 4.86. The average Bonchev–Trinajstić information content (AvgIpc) is 2.95. The predicted molar refractivity (Wildman–Crippen MR) is 90.2 cm³/mol. The number of hydrogen-bond donors (Lipinski definition) is 1. The van der Waals surface area contributed by atoms with Crippen molar-refractivity contribution in [2.45, 2.75) is 32.2 Å². The van der Waals surface area contributed by atoms with Gasteiger partial charge in [0.2, 0.25) is 0 Å². The van der Waals surface area contributed by atoms with Gasteiger partial charge in [-0.25, -0.2) is 4.98 Å². The number of aryl methyl sites for hydroxylation is 1. The first-order valence-electron chi connectivity index (χ1n) is 6.37. The average molecular weight is 422 g/mol. The highest BCUT2D eigenvalue weighted by Crippen LogP contribution is 2.43. The Labute approximate surface area is 137 Å². The summed E-state index contributed by atoms with van der Waals surface area (Å²) in [4.78, 5) is 7.55. The molecule has 0 amide bonds. The van der Waals surface area contributed by atoms with Crippen molar-refractivity contribution in [2.75, 3.05) is 6.54 Å². The van der Waals surface area contributed by atoms with E-state index in [1.165, 1.54) is 28.3 Å². The van der Waals surface area contributed by atoms with E-state index in [0.717, 1.165) is 26.2 Å². The van der Waals surface area contributed by atoms with Crippen LogP contribution in [0.25, 0.3) is 9.88 Å². The Bertz CT molecular complexity index is 572. The van der Waals surface area contributed by atoms with Crippen molar-refractivity contribution in [3.63, 3.8) is 0 Å². The minimum absolute atomic E-state index is 0.506. The zero-order chi connectivity index (χ0) is 13.4. The molecule has 1 aliphatic carbocycles. The number of thiazole rings is 1. The normalized spacial score (nSPS) is 18.6. The van der Waals surface area contributed by atoms with Gasteiger partial charge in [0, 0.05) is 15.4 Å². The van der Waals surface area contributed by atoms with E-state index in [9.17, 15) is 0 Å². The quantitative estimate of drug-likeness (QED) is 0.718. The predicted octanol–water partition coefficient (Wildman–Crippen LogP) is 5.38. The first kappa shape index (κ1) is 14.2. The van der Waals surface area contributed by atoms with Crippen LogP contribution in [0.5, 0.6) is 0 Å². The molecule has 0 fully saturated rings. The summed E-state index contributed by atoms with van der Waals surface area (Å²) in [6, 6.07) is 2.66. The molecule has 2 nitrogen and oxygen atoms in total. The zero-order valence-corrected chi connectivity index (χ0v) is 15.3. The molecular weight excluding hydrogens is 408 g/mol. The molecule has 0 spiro atoms. The molecule has 2 heterocycles. The van der Waals surface area contributed by atoms with Gasteiger partial charge in [0.1, 0.15) is 5.01 Å². The fourth-order valence-electron chi connectivity index (χ4n) is 2.42. The third kappa shape index (κ3) is 2.83. The molecule has 0 saturated heterocycles. The number of aromatic nitrogens is 1. The number of thiophene rings is 1. The van der Waals surface area contributed by atoms with Gasteiger partial charge in [0.05, 0.1) is 14.4 Å². The Morgan fingerprint density at radius 2 is 2.26 bits per heavy atom. The maximum Gasteiger partial charge on any atom is 0.134 e. The summed E-state index contributed by atoms with van der Waals surface area (Å²) in [5.74, 6) is 0. The van der Waals surface area contributed by atoms with Crippen LogP contribution in [0.1, 0.15) is 36.4 Å². The highest BCUT2D eigenvalue weighted by Gasteiger charge is 2.24. The van der Waals surface area contributed by atoms with Crippen molar-refractivity contribution in [3.05, 3.63) is 24.9 Å². The summed E-state index contributed by atoms with van der Waals surface area (Å²) in [6.45, 7) is 3.19. The third-order valence-electron chi connectivity index (χ3n) is 3.26. The molecule has 0 saturated carbocycles. The van der Waals surface area contributed by atoms with Crippen LogP contribution < -0.4 is 5.32 Å². The first-order valence-corrected chi connectivity index (χ1v) is 9.59. The summed E-state index contributed by atoms with van der Waals surface area (Å²) in [7, 11) is 0. The van der Waals surface area contributed by atoms with Gasteiger partial charge in [0.15, 0.2) is 0 Å². The first-order chi connectivity index (χ1) is 9.19. The lowest BCUT2D eigenvalue weighted by molar-refractivity contribution is 0.476. The van der Waals surface area contributed by atoms with Gasteiger partial charge in [-0.05, 0) is 63.7 Å². The van der Waals surface area contributed by atoms with Gasteiger partial charge >= 0.3 is 0 Å². The number of hydrogen-bond acceptors (Lipinski definition) is 4. The Morgan fingerprint density at radius 3 is 2.95 bits per heavy atom. The van der Waals surface area contributed by atoms with Crippen molar-refractivity contribution in [1.82, 2.24) is 10.3 Å². The lowest BCUT2D eigenvalue weighted by atomic mass is 9.98. The van der Waals surface area contributed by atoms with E-state index in [-0.39, 0.29) is 0 Å². The summed E-state index contributed by atoms with van der Waals surface area (Å²) >= 11 is 10.7. The third-order valence-corrected chi connectivity index (χ3v) is 7.89. The van der Waals surface area contributed by atoms with Crippen LogP contribution in [0.4, 0.5) is 0 Å². The molecule has 0 aromatic carbocycles. The van der Waals surface area contributed by atoms with Gasteiger partial charge in [0.25, 0.3) is 0 Å². The number of rotatable bonds is 3. The van der Waals surface area contributed by atoms with Crippen molar-refractivity contribution >= 4 is 54.5 Å². The second kappa shape index (κ2) is 5.93. The highest BCUT2D eigenvalue weighted by molar-refractivity contribution is 9.13. The van der Waals surface area contributed by atoms with Crippen LogP contribution >= 0.6 is 54.5 Å². The van der Waals surface area contributed by atoms with Crippen LogP contribution in [-0.2, 0) is 6.42 Å². The highest BCUT2D eigenvalue weighted by atomic mass is 79.9. The molecule has 1 unspecified atom stereocenters. The summed E-state index contributed by atoms with van der Waals surface area (Å²) in [5.41, 5.74) is 1.30. The fraction of sp³-hybridized carbons (Fsp3) is 0.462. The zero-order valence-electron chi connectivity index (χ0n) is 10.5. The molecule has 1 atom stereocenters. The lowest BCUT2D eigenvalue weighted by Crippen LogP contribution is -2.23. The smallest absolute Gasteiger partial charge is 0.134 e. The summed E-state index contributed by atoms with van der Waals surface area (Å²) in [5, 5.41) is 4.74. The monoisotopic (exact) mass is 420 g/mol. The minimum Gasteiger partial charge on any atom is -0.309 e. The molecule has 102 valence electrons. The molecule has 6 heteroatoms. The molecule has 1 aliphatic rings. The molecule has 0 radical (unpaired) electrons. The molecular formula is C13H14Br2N2S2. The largest absolute Gasteiger partial charge is 0.309 e. The van der Waals surface area contributed by atoms with Crippen LogP contribution in [0, 0.1) is 0 Å². The van der Waals surface area contributed by atoms with Gasteiger partial charge in [-0.3, -0.25) is 0 Å². The van der Waals surface area contributed by atoms with Gasteiger partial charge in [-0.2, -0.15) is 0 Å². The number of nitrogens with one attached hydrogen (secondary N) is 1. The van der Waals surface area contributed by atoms with Crippen molar-refractivity contribution in [2.24, 2.45) is 0 Å². The molecule has 19 heavy (non-hydrogen) atoms. The van der Waals surface area contributed by atoms with Crippen LogP contribution in [-0.4, -0.2) is 11.5 Å². The van der Waals surface area contributed by atoms with Crippen molar-refractivity contribution in [1.29, 1.82) is 0 Å². The van der Waals surface area contributed by atoms with E-state index < -0.39 is 0 Å². The van der Waals surface area contributed by atoms with Crippen LogP contribution in [0.15, 0.2) is 14.3 Å². The second-order valence-electron chi connectivity index (χ2n) is 4.56. The van der Waals surface area contributed by atoms with Gasteiger partial charge in [-0.15, -0.1) is 22.7 Å². The summed E-state index contributed by atoms with van der Waals surface area (Å²) < 4.78 is 2.25. The number of fused-ring (bicyclic) bond motifs is 1. The van der Waals surface area contributed by atoms with E-state index in [2.05, 4.69) is 50.2 Å². The second-order valence-corrected chi connectivity index (χ2v) is 8.82. The SMILES string of the molecule is CCNC1CCCc2nc(-c3cc(Br)c(Br)s3)sc21. The Morgan fingerprint density at radius 1 is 1.42 bits per heavy atom. The maximum absolute atomic E-state index is 4.86. The number of nitrogens with zero attached hydrogens (tertiary/aromatic N) is 1. The van der Waals surface area contributed by atoms with Crippen molar-refractivity contribution in [3.8, 4) is 9.88 Å². The van der Waals surface area contributed by atoms with E-state index in [0.29, 0.717) is 6.04 Å². The van der Waals surface area contributed by atoms with Gasteiger partial charge in [-0.1, -0.05) is 6.92 Å².